The molecule has 4 aromatic rings. The number of anilines is 3. The van der Waals surface area contributed by atoms with Crippen LogP contribution in [0.3, 0.4) is 0 Å². The fraction of sp³-hybridized carbons (Fsp3) is 0.302. The van der Waals surface area contributed by atoms with E-state index in [4.69, 9.17) is 11.6 Å². The molecule has 1 saturated carbocycles. The van der Waals surface area contributed by atoms with Gasteiger partial charge in [-0.1, -0.05) is 35.4 Å². The zero-order chi connectivity index (χ0) is 39.1. The van der Waals surface area contributed by atoms with E-state index in [-0.39, 0.29) is 41.1 Å². The van der Waals surface area contributed by atoms with Gasteiger partial charge in [-0.3, -0.25) is 24.1 Å². The number of amides is 4. The number of aromatic hydroxyl groups is 1. The Morgan fingerprint density at radius 3 is 2.00 bits per heavy atom. The largest absolute Gasteiger partial charge is 0.507 e. The number of phenols is 1. The highest BCUT2D eigenvalue weighted by Crippen LogP contribution is 2.64. The van der Waals surface area contributed by atoms with Crippen molar-refractivity contribution in [2.24, 2.45) is 39.3 Å². The Morgan fingerprint density at radius 2 is 1.40 bits per heavy atom. The first kappa shape index (κ1) is 36.3. The van der Waals surface area contributed by atoms with E-state index in [1.807, 2.05) is 61.5 Å². The number of azo groups is 1. The summed E-state index contributed by atoms with van der Waals surface area (Å²) >= 11 is 6.12. The molecule has 0 spiro atoms. The second-order valence-electron chi connectivity index (χ2n) is 15.4. The number of hydrogen-bond donors (Lipinski definition) is 1. The molecular formula is C43H39ClFN5O5. The average molecular weight is 760 g/mol. The quantitative estimate of drug-likeness (QED) is 0.119. The fourth-order valence-corrected chi connectivity index (χ4v) is 9.45. The highest BCUT2D eigenvalue weighted by molar-refractivity contribution is 6.32. The molecular weight excluding hydrogens is 721 g/mol. The lowest BCUT2D eigenvalue weighted by molar-refractivity contribution is -0.131. The minimum atomic E-state index is -1.30. The van der Waals surface area contributed by atoms with E-state index in [1.165, 1.54) is 17.0 Å². The molecule has 12 heteroatoms. The summed E-state index contributed by atoms with van der Waals surface area (Å²) in [4.78, 5) is 62.1. The number of carbonyl (C=O) groups is 4. The number of benzene rings is 4. The zero-order valence-corrected chi connectivity index (χ0v) is 31.7. The first-order chi connectivity index (χ1) is 26.2. The number of aryl methyl sites for hydroxylation is 2. The van der Waals surface area contributed by atoms with Crippen molar-refractivity contribution < 1.29 is 28.7 Å². The predicted octanol–water partition coefficient (Wildman–Crippen LogP) is 8.72. The summed E-state index contributed by atoms with van der Waals surface area (Å²) < 4.78 is 14.2. The van der Waals surface area contributed by atoms with Crippen LogP contribution in [0.15, 0.2) is 101 Å². The van der Waals surface area contributed by atoms with Crippen LogP contribution in [0.1, 0.15) is 42.4 Å². The van der Waals surface area contributed by atoms with Crippen LogP contribution in [0, 0.1) is 48.8 Å². The molecule has 3 fully saturated rings. The summed E-state index contributed by atoms with van der Waals surface area (Å²) in [5.74, 6) is -5.64. The number of phenolic OH excluding ortho intramolecular Hbond substituents is 1. The van der Waals surface area contributed by atoms with Gasteiger partial charge in [0, 0.05) is 25.7 Å². The number of hydrogen-bond acceptors (Lipinski definition) is 8. The molecule has 55 heavy (non-hydrogen) atoms. The smallest absolute Gasteiger partial charge is 0.241 e. The molecule has 4 aromatic carbocycles. The number of halogens is 2. The van der Waals surface area contributed by atoms with Gasteiger partial charge in [-0.2, -0.15) is 10.2 Å². The number of allylic oxidation sites excluding steroid dienone is 2. The van der Waals surface area contributed by atoms with Gasteiger partial charge in [0.05, 0.1) is 50.9 Å². The molecule has 2 heterocycles. The normalized spacial score (nSPS) is 26.0. The van der Waals surface area contributed by atoms with Gasteiger partial charge in [-0.25, -0.2) is 9.29 Å². The standard InChI is InChI=1S/C43H39ClFN5O5/c1-22-18-24(19-23(2)38(22)51)37-30-15-16-31-36(32(30)21-33-40(53)50(42(55)43(33,37)3)29-14-17-35(45)34(44)20-29)41(54)49(39(31)52)28-12-8-26(9-13-28)47-46-25-6-10-27(11-7-25)48(4)5/h6-15,17-20,31-33,36-37,51H,16,21H2,1-5H3. The predicted molar refractivity (Wildman–Crippen MR) is 207 cm³/mol. The molecule has 0 radical (unpaired) electrons. The van der Waals surface area contributed by atoms with Gasteiger partial charge >= 0.3 is 0 Å². The summed E-state index contributed by atoms with van der Waals surface area (Å²) in [5, 5.41) is 19.1. The number of imide groups is 2. The topological polar surface area (TPSA) is 123 Å². The van der Waals surface area contributed by atoms with Gasteiger partial charge in [0.15, 0.2) is 0 Å². The molecule has 8 rings (SSSR count). The van der Waals surface area contributed by atoms with E-state index in [0.717, 1.165) is 27.8 Å². The van der Waals surface area contributed by atoms with Gasteiger partial charge in [-0.05, 0) is 123 Å². The van der Waals surface area contributed by atoms with Crippen molar-refractivity contribution in [2.45, 2.75) is 39.5 Å². The highest BCUT2D eigenvalue weighted by Gasteiger charge is 2.67. The summed E-state index contributed by atoms with van der Waals surface area (Å²) in [5.41, 5.74) is 4.29. The SMILES string of the molecule is Cc1cc(C2C3=CCC4C(=O)N(c5ccc(N=Nc6ccc(N(C)C)cc6)cc5)C(=O)C4C3CC3C(=O)N(c4ccc(F)c(Cl)c4)C(=O)C32C)cc(C)c1O. The molecule has 2 aliphatic carbocycles. The number of fused-ring (bicyclic) bond motifs is 4. The van der Waals surface area contributed by atoms with Crippen molar-refractivity contribution in [3.8, 4) is 5.75 Å². The Bertz CT molecular complexity index is 2340. The minimum Gasteiger partial charge on any atom is -0.507 e. The lowest BCUT2D eigenvalue weighted by Crippen LogP contribution is -2.49. The van der Waals surface area contributed by atoms with E-state index in [1.54, 1.807) is 45.0 Å². The lowest BCUT2D eigenvalue weighted by Gasteiger charge is -2.49. The Morgan fingerprint density at radius 1 is 0.800 bits per heavy atom. The maximum absolute atomic E-state index is 14.7. The summed E-state index contributed by atoms with van der Waals surface area (Å²) in [6, 6.07) is 21.8. The molecule has 1 N–H and O–H groups in total. The van der Waals surface area contributed by atoms with Gasteiger partial charge in [0.25, 0.3) is 0 Å². The third-order valence-electron chi connectivity index (χ3n) is 12.0. The van der Waals surface area contributed by atoms with E-state index >= 15 is 0 Å². The Hall–Kier alpha value is -5.68. The van der Waals surface area contributed by atoms with Crippen molar-refractivity contribution in [1.29, 1.82) is 0 Å². The average Bonchev–Trinajstić information content (AvgIpc) is 3.53. The van der Waals surface area contributed by atoms with Crippen molar-refractivity contribution in [3.05, 3.63) is 118 Å². The summed E-state index contributed by atoms with van der Waals surface area (Å²) in [7, 11) is 3.91. The maximum atomic E-state index is 14.7. The second-order valence-corrected chi connectivity index (χ2v) is 15.8. The molecule has 4 amide bonds. The van der Waals surface area contributed by atoms with Crippen LogP contribution in [-0.2, 0) is 19.2 Å². The van der Waals surface area contributed by atoms with E-state index in [2.05, 4.69) is 10.2 Å². The van der Waals surface area contributed by atoms with Crippen LogP contribution in [0.2, 0.25) is 5.02 Å². The molecule has 2 saturated heterocycles. The van der Waals surface area contributed by atoms with Crippen LogP contribution in [0.25, 0.3) is 0 Å². The number of rotatable bonds is 6. The van der Waals surface area contributed by atoms with Crippen LogP contribution < -0.4 is 14.7 Å². The number of carbonyl (C=O) groups excluding carboxylic acids is 4. The molecule has 280 valence electrons. The van der Waals surface area contributed by atoms with Gasteiger partial charge < -0.3 is 10.0 Å². The minimum absolute atomic E-state index is 0.130. The van der Waals surface area contributed by atoms with Gasteiger partial charge in [0.2, 0.25) is 23.6 Å². The Balaban J connectivity index is 1.14. The first-order valence-electron chi connectivity index (χ1n) is 18.2. The first-order valence-corrected chi connectivity index (χ1v) is 18.6. The maximum Gasteiger partial charge on any atom is 0.241 e. The third kappa shape index (κ3) is 5.66. The van der Waals surface area contributed by atoms with Crippen molar-refractivity contribution in [3.63, 3.8) is 0 Å². The van der Waals surface area contributed by atoms with E-state index in [9.17, 15) is 28.7 Å². The van der Waals surface area contributed by atoms with Crippen molar-refractivity contribution >= 4 is 63.7 Å². The summed E-state index contributed by atoms with van der Waals surface area (Å²) in [6.07, 6.45) is 2.42. The van der Waals surface area contributed by atoms with Crippen LogP contribution >= 0.6 is 11.6 Å². The van der Waals surface area contributed by atoms with E-state index < -0.39 is 52.6 Å². The molecule has 10 nitrogen and oxygen atoms in total. The lowest BCUT2D eigenvalue weighted by atomic mass is 9.51. The molecule has 2 aliphatic heterocycles. The molecule has 6 unspecified atom stereocenters. The number of nitrogens with zero attached hydrogens (tertiary/aromatic N) is 5. The molecule has 6 atom stereocenters. The monoisotopic (exact) mass is 759 g/mol. The van der Waals surface area contributed by atoms with Gasteiger partial charge in [0.1, 0.15) is 11.6 Å². The zero-order valence-electron chi connectivity index (χ0n) is 31.0. The molecule has 0 bridgehead atoms. The summed E-state index contributed by atoms with van der Waals surface area (Å²) in [6.45, 7) is 5.33. The van der Waals surface area contributed by atoms with Gasteiger partial charge in [-0.15, -0.1) is 0 Å². The second kappa shape index (κ2) is 13.3. The van der Waals surface area contributed by atoms with Crippen LogP contribution in [-0.4, -0.2) is 42.8 Å². The Kier molecular flexibility index (Phi) is 8.75. The van der Waals surface area contributed by atoms with Crippen LogP contribution in [0.4, 0.5) is 32.8 Å². The van der Waals surface area contributed by atoms with Crippen LogP contribution in [0.5, 0.6) is 5.75 Å². The third-order valence-corrected chi connectivity index (χ3v) is 12.3. The van der Waals surface area contributed by atoms with Crippen molar-refractivity contribution in [2.75, 3.05) is 28.8 Å². The van der Waals surface area contributed by atoms with E-state index in [0.29, 0.717) is 28.2 Å². The molecule has 0 aromatic heterocycles. The molecule has 4 aliphatic rings. The van der Waals surface area contributed by atoms with Crippen molar-refractivity contribution in [1.82, 2.24) is 0 Å². The highest BCUT2D eigenvalue weighted by atomic mass is 35.5. The Labute approximate surface area is 322 Å². The fourth-order valence-electron chi connectivity index (χ4n) is 9.28.